The Bertz CT molecular complexity index is 862. The van der Waals surface area contributed by atoms with E-state index in [2.05, 4.69) is 51.1 Å². The number of aromatic amines is 1. The van der Waals surface area contributed by atoms with E-state index in [1.54, 1.807) is 0 Å². The molecule has 4 aliphatic rings. The Kier molecular flexibility index (Phi) is 3.95. The maximum atomic E-state index is 13.2. The number of hydrogen-bond acceptors (Lipinski definition) is 1. The van der Waals surface area contributed by atoms with Crippen molar-refractivity contribution in [2.75, 3.05) is 0 Å². The fourth-order valence-electron chi connectivity index (χ4n) is 5.97. The molecule has 4 bridgehead atoms. The van der Waals surface area contributed by atoms with Crippen molar-refractivity contribution in [1.82, 2.24) is 9.88 Å². The highest BCUT2D eigenvalue weighted by Crippen LogP contribution is 2.54. The van der Waals surface area contributed by atoms with Gasteiger partial charge in [-0.2, -0.15) is 0 Å². The molecule has 1 aromatic heterocycles. The van der Waals surface area contributed by atoms with Crippen LogP contribution in [0.5, 0.6) is 0 Å². The lowest BCUT2D eigenvalue weighted by molar-refractivity contribution is -0.148. The number of aromatic nitrogens is 1. The van der Waals surface area contributed by atoms with Gasteiger partial charge in [0.2, 0.25) is 5.91 Å². The van der Waals surface area contributed by atoms with Gasteiger partial charge in [-0.15, -0.1) is 11.6 Å². The number of benzene rings is 1. The molecule has 4 fully saturated rings. The van der Waals surface area contributed by atoms with Crippen molar-refractivity contribution in [1.29, 1.82) is 0 Å². The number of amides is 1. The van der Waals surface area contributed by atoms with Gasteiger partial charge in [-0.05, 0) is 61.6 Å². The summed E-state index contributed by atoms with van der Waals surface area (Å²) in [6.07, 6.45) is 8.08. The first-order chi connectivity index (χ1) is 12.4. The van der Waals surface area contributed by atoms with Crippen LogP contribution in [-0.4, -0.2) is 32.7 Å². The van der Waals surface area contributed by atoms with E-state index in [9.17, 15) is 4.79 Å². The van der Waals surface area contributed by atoms with Gasteiger partial charge in [0.05, 0.1) is 0 Å². The van der Waals surface area contributed by atoms with Crippen molar-refractivity contribution in [2.45, 2.75) is 68.3 Å². The molecule has 6 rings (SSSR count). The molecule has 2 saturated carbocycles. The average molecular weight is 436 g/mol. The van der Waals surface area contributed by atoms with Crippen LogP contribution in [0.2, 0.25) is 0 Å². The Labute approximate surface area is 167 Å². The van der Waals surface area contributed by atoms with Crippen LogP contribution in [-0.2, 0) is 4.79 Å². The number of halogens is 2. The van der Waals surface area contributed by atoms with Gasteiger partial charge in [0.25, 0.3) is 0 Å². The standard InChI is InChI=1S/C21H24BrClN2O/c1-12(16-11-24-18-4-2-3-17(22)20(16)18)5-19(26)25-14-6-13-7-15(25)10-21(23,8-13)9-14/h2-4,11-15,24H,5-10H2,1H3. The molecule has 2 aliphatic heterocycles. The summed E-state index contributed by atoms with van der Waals surface area (Å²) < 4.78 is 1.09. The molecule has 0 spiro atoms. The van der Waals surface area contributed by atoms with Crippen molar-refractivity contribution in [3.63, 3.8) is 0 Å². The molecule has 1 N–H and O–H groups in total. The van der Waals surface area contributed by atoms with Gasteiger partial charge in [0, 0.05) is 45.0 Å². The number of piperidine rings is 2. The first-order valence-corrected chi connectivity index (χ1v) is 10.9. The third-order valence-electron chi connectivity index (χ3n) is 6.84. The van der Waals surface area contributed by atoms with Crippen LogP contribution in [0.3, 0.4) is 0 Å². The molecule has 1 aromatic carbocycles. The number of fused-ring (bicyclic) bond motifs is 1. The van der Waals surface area contributed by atoms with E-state index in [4.69, 9.17) is 11.6 Å². The van der Waals surface area contributed by atoms with Crippen LogP contribution in [0.1, 0.15) is 56.9 Å². The van der Waals surface area contributed by atoms with Crippen LogP contribution in [0, 0.1) is 5.92 Å². The number of hydrogen-bond donors (Lipinski definition) is 1. The van der Waals surface area contributed by atoms with Gasteiger partial charge < -0.3 is 9.88 Å². The molecule has 26 heavy (non-hydrogen) atoms. The number of rotatable bonds is 3. The molecule has 3 heterocycles. The molecule has 138 valence electrons. The highest BCUT2D eigenvalue weighted by atomic mass is 79.9. The zero-order valence-corrected chi connectivity index (χ0v) is 17.3. The topological polar surface area (TPSA) is 36.1 Å². The number of H-pyrrole nitrogens is 1. The number of alkyl halides is 1. The summed E-state index contributed by atoms with van der Waals surface area (Å²) in [4.78, 5) is 18.8. The van der Waals surface area contributed by atoms with E-state index in [1.807, 2.05) is 6.07 Å². The third kappa shape index (κ3) is 2.63. The van der Waals surface area contributed by atoms with Crippen molar-refractivity contribution < 1.29 is 4.79 Å². The summed E-state index contributed by atoms with van der Waals surface area (Å²) in [5.41, 5.74) is 2.34. The van der Waals surface area contributed by atoms with E-state index in [0.717, 1.165) is 48.0 Å². The predicted octanol–water partition coefficient (Wildman–Crippen LogP) is 5.57. The summed E-state index contributed by atoms with van der Waals surface area (Å²) in [6.45, 7) is 2.17. The Morgan fingerprint density at radius 3 is 2.77 bits per heavy atom. The summed E-state index contributed by atoms with van der Waals surface area (Å²) >= 11 is 10.5. The van der Waals surface area contributed by atoms with E-state index in [-0.39, 0.29) is 10.8 Å². The van der Waals surface area contributed by atoms with Gasteiger partial charge in [-0.25, -0.2) is 0 Å². The second-order valence-corrected chi connectivity index (χ2v) is 10.4. The summed E-state index contributed by atoms with van der Waals surface area (Å²) in [5.74, 6) is 1.24. The molecular weight excluding hydrogens is 412 g/mol. The zero-order chi connectivity index (χ0) is 18.1. The van der Waals surface area contributed by atoms with Gasteiger partial charge >= 0.3 is 0 Å². The van der Waals surface area contributed by atoms with Crippen LogP contribution >= 0.6 is 27.5 Å². The second-order valence-electron chi connectivity index (χ2n) is 8.72. The Morgan fingerprint density at radius 1 is 1.35 bits per heavy atom. The minimum absolute atomic E-state index is 0.0272. The second kappa shape index (κ2) is 6.00. The zero-order valence-electron chi connectivity index (χ0n) is 15.0. The molecule has 2 aromatic rings. The minimum Gasteiger partial charge on any atom is -0.361 e. The smallest absolute Gasteiger partial charge is 0.223 e. The van der Waals surface area contributed by atoms with Gasteiger partial charge in [0.15, 0.2) is 0 Å². The van der Waals surface area contributed by atoms with Gasteiger partial charge in [0.1, 0.15) is 0 Å². The molecule has 5 heteroatoms. The number of nitrogens with one attached hydrogen (secondary N) is 1. The molecule has 3 atom stereocenters. The third-order valence-corrected chi connectivity index (χ3v) is 7.96. The van der Waals surface area contributed by atoms with Crippen molar-refractivity contribution >= 4 is 44.3 Å². The van der Waals surface area contributed by atoms with Crippen LogP contribution in [0.15, 0.2) is 28.9 Å². The van der Waals surface area contributed by atoms with E-state index in [0.29, 0.717) is 24.4 Å². The normalized spacial score (nSPS) is 33.8. The molecular formula is C21H24BrClN2O. The van der Waals surface area contributed by atoms with E-state index < -0.39 is 0 Å². The lowest BCUT2D eigenvalue weighted by Crippen LogP contribution is -2.64. The highest BCUT2D eigenvalue weighted by Gasteiger charge is 2.54. The highest BCUT2D eigenvalue weighted by molar-refractivity contribution is 9.10. The molecule has 0 radical (unpaired) electrons. The molecule has 2 saturated heterocycles. The van der Waals surface area contributed by atoms with Crippen LogP contribution in [0.25, 0.3) is 10.9 Å². The summed E-state index contributed by atoms with van der Waals surface area (Å²) in [6, 6.07) is 6.92. The Balaban J connectivity index is 1.37. The van der Waals surface area contributed by atoms with Crippen LogP contribution < -0.4 is 0 Å². The van der Waals surface area contributed by atoms with E-state index >= 15 is 0 Å². The summed E-state index contributed by atoms with van der Waals surface area (Å²) in [7, 11) is 0. The monoisotopic (exact) mass is 434 g/mol. The van der Waals surface area contributed by atoms with Crippen molar-refractivity contribution in [3.8, 4) is 0 Å². The average Bonchev–Trinajstić information content (AvgIpc) is 2.98. The quantitative estimate of drug-likeness (QED) is 0.628. The number of carbonyl (C=O) groups excluding carboxylic acids is 1. The van der Waals surface area contributed by atoms with Gasteiger partial charge in [-0.1, -0.05) is 28.9 Å². The SMILES string of the molecule is CC(CC(=O)N1C2CC3CC1CC(Cl)(C3)C2)c1c[nH]c2cccc(Br)c12. The number of nitrogens with zero attached hydrogens (tertiary/aromatic N) is 1. The molecule has 1 amide bonds. The minimum atomic E-state index is -0.0272. The Hall–Kier alpha value is -1.000. The lowest BCUT2D eigenvalue weighted by Gasteiger charge is -2.59. The largest absolute Gasteiger partial charge is 0.361 e. The molecule has 2 aliphatic carbocycles. The summed E-state index contributed by atoms with van der Waals surface area (Å²) in [5, 5.41) is 1.20. The molecule has 3 nitrogen and oxygen atoms in total. The Morgan fingerprint density at radius 2 is 2.08 bits per heavy atom. The van der Waals surface area contributed by atoms with Gasteiger partial charge in [-0.3, -0.25) is 4.79 Å². The predicted molar refractivity (Wildman–Crippen MR) is 109 cm³/mol. The fourth-order valence-corrected chi connectivity index (χ4v) is 7.14. The fraction of sp³-hybridized carbons (Fsp3) is 0.571. The number of carbonyl (C=O) groups is 1. The maximum absolute atomic E-state index is 13.2. The van der Waals surface area contributed by atoms with Crippen molar-refractivity contribution in [2.24, 2.45) is 5.92 Å². The maximum Gasteiger partial charge on any atom is 0.223 e. The van der Waals surface area contributed by atoms with E-state index in [1.165, 1.54) is 10.9 Å². The van der Waals surface area contributed by atoms with Crippen LogP contribution in [0.4, 0.5) is 0 Å². The molecule has 3 unspecified atom stereocenters. The first kappa shape index (κ1) is 17.1. The first-order valence-electron chi connectivity index (χ1n) is 9.69. The van der Waals surface area contributed by atoms with Crippen molar-refractivity contribution in [3.05, 3.63) is 34.4 Å². The lowest BCUT2D eigenvalue weighted by atomic mass is 9.63.